The fourth-order valence-electron chi connectivity index (χ4n) is 2.85. The van der Waals surface area contributed by atoms with Gasteiger partial charge in [0.15, 0.2) is 0 Å². The maximum Gasteiger partial charge on any atom is 0.257 e. The topological polar surface area (TPSA) is 69.6 Å². The first-order valence-electron chi connectivity index (χ1n) is 8.68. The van der Waals surface area contributed by atoms with E-state index in [1.807, 2.05) is 0 Å². The van der Waals surface area contributed by atoms with Gasteiger partial charge in [-0.2, -0.15) is 0 Å². The van der Waals surface area contributed by atoms with Gasteiger partial charge in [0.25, 0.3) is 5.91 Å². The van der Waals surface area contributed by atoms with Crippen molar-refractivity contribution in [2.75, 3.05) is 44.2 Å². The highest BCUT2D eigenvalue weighted by Crippen LogP contribution is 2.12. The van der Waals surface area contributed by atoms with E-state index in [0.29, 0.717) is 37.7 Å². The Labute approximate surface area is 143 Å². The number of hydrogen-bond donors (Lipinski definition) is 0. The molecule has 0 atom stereocenters. The second-order valence-electron chi connectivity index (χ2n) is 6.06. The fraction of sp³-hybridized carbons (Fsp3) is 0.647. The average molecular weight is 333 g/mol. The maximum absolute atomic E-state index is 12.5. The van der Waals surface area contributed by atoms with Gasteiger partial charge in [0.1, 0.15) is 0 Å². The zero-order valence-corrected chi connectivity index (χ0v) is 14.9. The molecule has 2 amide bonds. The molecule has 1 aliphatic heterocycles. The molecule has 1 aromatic rings. The first kappa shape index (κ1) is 18.2. The summed E-state index contributed by atoms with van der Waals surface area (Å²) in [7, 11) is 0. The van der Waals surface area contributed by atoms with E-state index in [0.717, 1.165) is 25.9 Å². The van der Waals surface area contributed by atoms with E-state index < -0.39 is 0 Å². The molecule has 24 heavy (non-hydrogen) atoms. The minimum atomic E-state index is -0.0673. The molecule has 1 aromatic heterocycles. The van der Waals surface area contributed by atoms with E-state index >= 15 is 0 Å². The van der Waals surface area contributed by atoms with E-state index in [1.165, 1.54) is 0 Å². The number of carbonyl (C=O) groups is 2. The number of carbonyl (C=O) groups excluding carboxylic acids is 2. The Bertz CT molecular complexity index is 547. The van der Waals surface area contributed by atoms with Crippen LogP contribution >= 0.6 is 0 Å². The van der Waals surface area contributed by atoms with Crippen molar-refractivity contribution in [3.05, 3.63) is 18.0 Å². The van der Waals surface area contributed by atoms with Gasteiger partial charge >= 0.3 is 0 Å². The van der Waals surface area contributed by atoms with Crippen LogP contribution in [0, 0.1) is 0 Å². The molecule has 1 aliphatic rings. The summed E-state index contributed by atoms with van der Waals surface area (Å²) < 4.78 is 0. The Morgan fingerprint density at radius 2 is 1.50 bits per heavy atom. The first-order chi connectivity index (χ1) is 11.6. The first-order valence-corrected chi connectivity index (χ1v) is 8.68. The largest absolute Gasteiger partial charge is 0.341 e. The van der Waals surface area contributed by atoms with Gasteiger partial charge in [0, 0.05) is 58.6 Å². The van der Waals surface area contributed by atoms with Crippen molar-refractivity contribution in [3.63, 3.8) is 0 Å². The molecule has 132 valence electrons. The monoisotopic (exact) mass is 333 g/mol. The normalized spacial score (nSPS) is 14.6. The standard InChI is InChI=1S/C17H27N5O2/c1-4-6-22(7-5-2)17-18-12-15(13-19-17)16(24)21-10-8-20(9-11-21)14(3)23/h12-13H,4-11H2,1-3H3. The second kappa shape index (κ2) is 8.61. The van der Waals surface area contributed by atoms with Crippen molar-refractivity contribution in [2.24, 2.45) is 0 Å². The third-order valence-electron chi connectivity index (χ3n) is 4.17. The number of amides is 2. The zero-order valence-electron chi connectivity index (χ0n) is 14.9. The fourth-order valence-corrected chi connectivity index (χ4v) is 2.85. The molecule has 0 N–H and O–H groups in total. The van der Waals surface area contributed by atoms with Gasteiger partial charge in [-0.25, -0.2) is 9.97 Å². The summed E-state index contributed by atoms with van der Waals surface area (Å²) in [6, 6.07) is 0. The molecule has 0 spiro atoms. The van der Waals surface area contributed by atoms with Gasteiger partial charge in [0.2, 0.25) is 11.9 Å². The summed E-state index contributed by atoms with van der Waals surface area (Å²) in [5.41, 5.74) is 0.503. The number of aromatic nitrogens is 2. The van der Waals surface area contributed by atoms with Crippen LogP contribution in [0.2, 0.25) is 0 Å². The molecule has 1 saturated heterocycles. The molecule has 0 bridgehead atoms. The van der Waals surface area contributed by atoms with Crippen LogP contribution in [0.1, 0.15) is 44.0 Å². The highest BCUT2D eigenvalue weighted by molar-refractivity contribution is 5.93. The van der Waals surface area contributed by atoms with E-state index in [1.54, 1.807) is 29.1 Å². The van der Waals surface area contributed by atoms with Crippen LogP contribution in [0.25, 0.3) is 0 Å². The third-order valence-corrected chi connectivity index (χ3v) is 4.17. The molecule has 2 rings (SSSR count). The van der Waals surface area contributed by atoms with E-state index in [4.69, 9.17) is 0 Å². The summed E-state index contributed by atoms with van der Waals surface area (Å²) in [5.74, 6) is 0.667. The number of rotatable bonds is 6. The predicted octanol–water partition coefficient (Wildman–Crippen LogP) is 1.41. The number of nitrogens with zero attached hydrogens (tertiary/aromatic N) is 5. The van der Waals surface area contributed by atoms with Crippen LogP contribution < -0.4 is 4.90 Å². The number of anilines is 1. The molecule has 0 unspecified atom stereocenters. The van der Waals surface area contributed by atoms with Crippen molar-refractivity contribution >= 4 is 17.8 Å². The lowest BCUT2D eigenvalue weighted by Crippen LogP contribution is -2.50. The SMILES string of the molecule is CCCN(CCC)c1ncc(C(=O)N2CCN(C(C)=O)CC2)cn1. The molecule has 1 fully saturated rings. The molecule has 0 radical (unpaired) electrons. The summed E-state index contributed by atoms with van der Waals surface area (Å²) in [6.45, 7) is 9.91. The van der Waals surface area contributed by atoms with Crippen molar-refractivity contribution in [2.45, 2.75) is 33.6 Å². The van der Waals surface area contributed by atoms with Crippen molar-refractivity contribution in [1.82, 2.24) is 19.8 Å². The van der Waals surface area contributed by atoms with Crippen LogP contribution in [-0.4, -0.2) is 70.9 Å². The number of hydrogen-bond acceptors (Lipinski definition) is 5. The van der Waals surface area contributed by atoms with Gasteiger partial charge in [0.05, 0.1) is 5.56 Å². The highest BCUT2D eigenvalue weighted by atomic mass is 16.2. The lowest BCUT2D eigenvalue weighted by molar-refractivity contribution is -0.130. The zero-order chi connectivity index (χ0) is 17.5. The quantitative estimate of drug-likeness (QED) is 0.787. The minimum Gasteiger partial charge on any atom is -0.341 e. The van der Waals surface area contributed by atoms with E-state index in [-0.39, 0.29) is 11.8 Å². The molecular formula is C17H27N5O2. The van der Waals surface area contributed by atoms with Crippen LogP contribution in [0.3, 0.4) is 0 Å². The molecule has 0 aromatic carbocycles. The van der Waals surface area contributed by atoms with Gasteiger partial charge < -0.3 is 14.7 Å². The molecule has 2 heterocycles. The summed E-state index contributed by atoms with van der Waals surface area (Å²) in [4.78, 5) is 38.3. The van der Waals surface area contributed by atoms with Crippen molar-refractivity contribution in [3.8, 4) is 0 Å². The van der Waals surface area contributed by atoms with Gasteiger partial charge in [-0.1, -0.05) is 13.8 Å². The summed E-state index contributed by atoms with van der Waals surface area (Å²) in [6.07, 6.45) is 5.29. The summed E-state index contributed by atoms with van der Waals surface area (Å²) >= 11 is 0. The molecule has 0 aliphatic carbocycles. The van der Waals surface area contributed by atoms with Gasteiger partial charge in [-0.15, -0.1) is 0 Å². The summed E-state index contributed by atoms with van der Waals surface area (Å²) in [5, 5.41) is 0. The van der Waals surface area contributed by atoms with Crippen LogP contribution in [0.4, 0.5) is 5.95 Å². The Hall–Kier alpha value is -2.18. The van der Waals surface area contributed by atoms with E-state index in [9.17, 15) is 9.59 Å². The van der Waals surface area contributed by atoms with Crippen molar-refractivity contribution < 1.29 is 9.59 Å². The van der Waals surface area contributed by atoms with Crippen LogP contribution in [0.5, 0.6) is 0 Å². The van der Waals surface area contributed by atoms with Crippen LogP contribution in [-0.2, 0) is 4.79 Å². The Morgan fingerprint density at radius 1 is 1.00 bits per heavy atom. The maximum atomic E-state index is 12.5. The smallest absolute Gasteiger partial charge is 0.257 e. The Balaban J connectivity index is 1.99. The predicted molar refractivity (Wildman–Crippen MR) is 93.0 cm³/mol. The molecule has 7 heteroatoms. The van der Waals surface area contributed by atoms with Gasteiger partial charge in [-0.3, -0.25) is 9.59 Å². The minimum absolute atomic E-state index is 0.0572. The molecule has 7 nitrogen and oxygen atoms in total. The third kappa shape index (κ3) is 4.43. The highest BCUT2D eigenvalue weighted by Gasteiger charge is 2.23. The lowest BCUT2D eigenvalue weighted by atomic mass is 10.2. The molecule has 0 saturated carbocycles. The Morgan fingerprint density at radius 3 is 1.96 bits per heavy atom. The second-order valence-corrected chi connectivity index (χ2v) is 6.06. The van der Waals surface area contributed by atoms with Crippen LogP contribution in [0.15, 0.2) is 12.4 Å². The van der Waals surface area contributed by atoms with Gasteiger partial charge in [-0.05, 0) is 12.8 Å². The van der Waals surface area contributed by atoms with E-state index in [2.05, 4.69) is 28.7 Å². The van der Waals surface area contributed by atoms with Crippen molar-refractivity contribution in [1.29, 1.82) is 0 Å². The Kier molecular flexibility index (Phi) is 6.52. The number of piperazine rings is 1. The average Bonchev–Trinajstić information content (AvgIpc) is 2.61. The lowest BCUT2D eigenvalue weighted by Gasteiger charge is -2.34. The molecular weight excluding hydrogens is 306 g/mol.